The second-order valence-electron chi connectivity index (χ2n) is 2.42. The van der Waals surface area contributed by atoms with Gasteiger partial charge in [0.2, 0.25) is 0 Å². The summed E-state index contributed by atoms with van der Waals surface area (Å²) in [6, 6.07) is 0. The number of esters is 1. The van der Waals surface area contributed by atoms with Crippen molar-refractivity contribution >= 4 is 51.8 Å². The Kier molecular flexibility index (Phi) is 4.54. The monoisotopic (exact) mass is 363 g/mol. The second-order valence-corrected chi connectivity index (χ2v) is 4.21. The molecule has 0 saturated heterocycles. The summed E-state index contributed by atoms with van der Waals surface area (Å²) in [6.07, 6.45) is 0. The molecule has 0 bridgehead atoms. The van der Waals surface area contributed by atoms with E-state index >= 15 is 0 Å². The number of ether oxygens (including phenoxy) is 1. The molecular weight excluding hydrogens is 359 g/mol. The van der Waals surface area contributed by atoms with Crippen LogP contribution in [0.5, 0.6) is 0 Å². The molecule has 0 unspecified atom stereocenters. The molecule has 0 aliphatic rings. The first-order chi connectivity index (χ1) is 6.99. The molecule has 1 aromatic rings. The van der Waals surface area contributed by atoms with Crippen molar-refractivity contribution in [2.75, 3.05) is 6.61 Å². The van der Waals surface area contributed by atoms with Gasteiger partial charge in [-0.1, -0.05) is 23.2 Å². The quantitative estimate of drug-likeness (QED) is 0.459. The second kappa shape index (κ2) is 5.27. The molecule has 7 heteroatoms. The smallest absolute Gasteiger partial charge is 0.342 e. The highest BCUT2D eigenvalue weighted by Gasteiger charge is 2.22. The van der Waals surface area contributed by atoms with Gasteiger partial charge in [-0.05, 0) is 29.5 Å². The molecule has 1 rings (SSSR count). The number of hydrogen-bond donors (Lipinski definition) is 0. The molecule has 1 aromatic heterocycles. The third-order valence-electron chi connectivity index (χ3n) is 1.48. The number of halogens is 4. The third kappa shape index (κ3) is 2.70. The summed E-state index contributed by atoms with van der Waals surface area (Å²) in [6.45, 7) is 1.81. The van der Waals surface area contributed by atoms with E-state index in [4.69, 9.17) is 27.9 Å². The molecule has 0 amide bonds. The first kappa shape index (κ1) is 12.9. The van der Waals surface area contributed by atoms with Crippen molar-refractivity contribution < 1.29 is 13.9 Å². The normalized spacial score (nSPS) is 10.2. The zero-order valence-corrected chi connectivity index (χ0v) is 11.2. The van der Waals surface area contributed by atoms with Crippen molar-refractivity contribution in [3.63, 3.8) is 0 Å². The number of aromatic nitrogens is 1. The fourth-order valence-electron chi connectivity index (χ4n) is 0.859. The molecule has 1 heterocycles. The highest BCUT2D eigenvalue weighted by molar-refractivity contribution is 14.1. The molecule has 3 nitrogen and oxygen atoms in total. The molecule has 0 atom stereocenters. The summed E-state index contributed by atoms with van der Waals surface area (Å²) < 4.78 is 18.0. The molecule has 0 aromatic carbocycles. The van der Waals surface area contributed by atoms with Crippen molar-refractivity contribution in [3.8, 4) is 0 Å². The lowest BCUT2D eigenvalue weighted by molar-refractivity contribution is 0.0524. The van der Waals surface area contributed by atoms with Crippen LogP contribution < -0.4 is 0 Å². The minimum atomic E-state index is -0.773. The van der Waals surface area contributed by atoms with E-state index in [1.807, 2.05) is 0 Å². The Labute approximate surface area is 109 Å². The fourth-order valence-corrected chi connectivity index (χ4v) is 2.39. The van der Waals surface area contributed by atoms with Gasteiger partial charge in [0.1, 0.15) is 10.7 Å². The van der Waals surface area contributed by atoms with Gasteiger partial charge in [-0.3, -0.25) is 0 Å². The first-order valence-corrected chi connectivity index (χ1v) is 5.69. The highest BCUT2D eigenvalue weighted by Crippen LogP contribution is 2.27. The molecule has 0 fully saturated rings. The summed E-state index contributed by atoms with van der Waals surface area (Å²) in [5.41, 5.74) is -0.0963. The van der Waals surface area contributed by atoms with E-state index in [9.17, 15) is 9.18 Å². The number of carbonyl (C=O) groups excluding carboxylic acids is 1. The summed E-state index contributed by atoms with van der Waals surface area (Å²) in [7, 11) is 0. The minimum absolute atomic E-state index is 0.0102. The molecule has 0 radical (unpaired) electrons. The Morgan fingerprint density at radius 2 is 2.13 bits per heavy atom. The van der Waals surface area contributed by atoms with Gasteiger partial charge in [-0.2, -0.15) is 0 Å². The third-order valence-corrected chi connectivity index (χ3v) is 3.01. The van der Waals surface area contributed by atoms with Crippen molar-refractivity contribution in [1.82, 2.24) is 4.98 Å². The summed E-state index contributed by atoms with van der Waals surface area (Å²) in [5, 5.41) is -0.526. The predicted octanol–water partition coefficient (Wildman–Crippen LogP) is 3.31. The number of hydrogen-bond acceptors (Lipinski definition) is 3. The number of rotatable bonds is 2. The van der Waals surface area contributed by atoms with Crippen LogP contribution in [-0.2, 0) is 4.74 Å². The van der Waals surface area contributed by atoms with E-state index in [1.54, 1.807) is 29.5 Å². The maximum absolute atomic E-state index is 13.3. The van der Waals surface area contributed by atoms with Gasteiger partial charge in [-0.15, -0.1) is 0 Å². The van der Waals surface area contributed by atoms with Crippen LogP contribution in [-0.4, -0.2) is 17.6 Å². The molecule has 0 spiro atoms. The Morgan fingerprint density at radius 3 is 2.67 bits per heavy atom. The fraction of sp³-hybridized carbons (Fsp3) is 0.250. The average molecular weight is 364 g/mol. The highest BCUT2D eigenvalue weighted by atomic mass is 127. The zero-order chi connectivity index (χ0) is 11.6. The summed E-state index contributed by atoms with van der Waals surface area (Å²) in [4.78, 5) is 14.9. The lowest BCUT2D eigenvalue weighted by Gasteiger charge is -2.07. The van der Waals surface area contributed by atoms with Gasteiger partial charge in [0, 0.05) is 0 Å². The SMILES string of the molecule is CCOC(=O)c1c(Cl)nc(Cl)c(F)c1I. The van der Waals surface area contributed by atoms with Gasteiger partial charge >= 0.3 is 5.97 Å². The molecule has 0 aliphatic heterocycles. The van der Waals surface area contributed by atoms with Crippen LogP contribution >= 0.6 is 45.8 Å². The van der Waals surface area contributed by atoms with Gasteiger partial charge in [-0.25, -0.2) is 14.2 Å². The van der Waals surface area contributed by atoms with Crippen LogP contribution in [0.3, 0.4) is 0 Å². The Morgan fingerprint density at radius 1 is 1.53 bits per heavy atom. The van der Waals surface area contributed by atoms with Crippen LogP contribution in [0.1, 0.15) is 17.3 Å². The van der Waals surface area contributed by atoms with Crippen LogP contribution in [0, 0.1) is 9.39 Å². The lowest BCUT2D eigenvalue weighted by atomic mass is 10.3. The van der Waals surface area contributed by atoms with Crippen LogP contribution in [0.15, 0.2) is 0 Å². The van der Waals surface area contributed by atoms with Gasteiger partial charge in [0.25, 0.3) is 0 Å². The largest absolute Gasteiger partial charge is 0.462 e. The maximum atomic E-state index is 13.3. The topological polar surface area (TPSA) is 39.2 Å². The van der Waals surface area contributed by atoms with Crippen molar-refractivity contribution in [2.24, 2.45) is 0 Å². The maximum Gasteiger partial charge on any atom is 0.342 e. The minimum Gasteiger partial charge on any atom is -0.462 e. The Bertz CT molecular complexity index is 414. The summed E-state index contributed by atoms with van der Waals surface area (Å²) in [5.74, 6) is -1.49. The average Bonchev–Trinajstić information content (AvgIpc) is 2.15. The van der Waals surface area contributed by atoms with Gasteiger partial charge in [0.15, 0.2) is 11.0 Å². The molecule has 15 heavy (non-hydrogen) atoms. The predicted molar refractivity (Wildman–Crippen MR) is 62.9 cm³/mol. The zero-order valence-electron chi connectivity index (χ0n) is 7.48. The number of nitrogens with zero attached hydrogens (tertiary/aromatic N) is 1. The molecular formula is C8H5Cl2FINO2. The van der Waals surface area contributed by atoms with Crippen molar-refractivity contribution in [3.05, 3.63) is 25.3 Å². The van der Waals surface area contributed by atoms with Crippen molar-refractivity contribution in [1.29, 1.82) is 0 Å². The number of carbonyl (C=O) groups is 1. The van der Waals surface area contributed by atoms with Crippen LogP contribution in [0.25, 0.3) is 0 Å². The Balaban J connectivity index is 3.29. The lowest BCUT2D eigenvalue weighted by Crippen LogP contribution is -2.10. The standard InChI is InChI=1S/C8H5Cl2FINO2/c1-2-15-8(14)3-5(12)4(11)7(10)13-6(3)9/h2H2,1H3. The van der Waals surface area contributed by atoms with E-state index < -0.39 is 11.8 Å². The van der Waals surface area contributed by atoms with Crippen LogP contribution in [0.2, 0.25) is 10.3 Å². The van der Waals surface area contributed by atoms with E-state index in [-0.39, 0.29) is 26.0 Å². The van der Waals surface area contributed by atoms with E-state index in [0.717, 1.165) is 0 Å². The van der Waals surface area contributed by atoms with E-state index in [2.05, 4.69) is 4.98 Å². The number of pyridine rings is 1. The molecule has 82 valence electrons. The molecule has 0 N–H and O–H groups in total. The van der Waals surface area contributed by atoms with Gasteiger partial charge in [0.05, 0.1) is 10.2 Å². The van der Waals surface area contributed by atoms with Crippen molar-refractivity contribution in [2.45, 2.75) is 6.92 Å². The van der Waals surface area contributed by atoms with E-state index in [0.29, 0.717) is 0 Å². The molecule has 0 aliphatic carbocycles. The summed E-state index contributed by atoms with van der Waals surface area (Å²) >= 11 is 12.7. The first-order valence-electron chi connectivity index (χ1n) is 3.86. The van der Waals surface area contributed by atoms with Gasteiger partial charge < -0.3 is 4.74 Å². The Hall–Kier alpha value is -0.140. The molecule has 0 saturated carbocycles. The van der Waals surface area contributed by atoms with Crippen LogP contribution in [0.4, 0.5) is 4.39 Å². The van der Waals surface area contributed by atoms with E-state index in [1.165, 1.54) is 0 Å².